The van der Waals surface area contributed by atoms with Gasteiger partial charge >= 0.3 is 5.97 Å². The van der Waals surface area contributed by atoms with Crippen LogP contribution in [0.2, 0.25) is 0 Å². The van der Waals surface area contributed by atoms with E-state index < -0.39 is 47.9 Å². The fourth-order valence-electron chi connectivity index (χ4n) is 3.33. The Morgan fingerprint density at radius 2 is 1.83 bits per heavy atom. The molecule has 1 aliphatic rings. The van der Waals surface area contributed by atoms with Gasteiger partial charge in [-0.05, 0) is 25.3 Å². The maximum Gasteiger partial charge on any atom is 0.326 e. The van der Waals surface area contributed by atoms with Crippen molar-refractivity contribution in [1.82, 2.24) is 15.5 Å². The number of hydrogen-bond acceptors (Lipinski definition) is 6. The summed E-state index contributed by atoms with van der Waals surface area (Å²) in [6.45, 7) is 1.71. The summed E-state index contributed by atoms with van der Waals surface area (Å²) in [6, 6.07) is 5.32. The van der Waals surface area contributed by atoms with Crippen molar-refractivity contribution in [3.8, 4) is 0 Å². The number of carbonyl (C=O) groups excluding carboxylic acids is 3. The van der Waals surface area contributed by atoms with Crippen molar-refractivity contribution in [2.75, 3.05) is 13.1 Å². The van der Waals surface area contributed by atoms with Crippen molar-refractivity contribution in [2.45, 2.75) is 50.4 Å². The average molecular weight is 419 g/mol. The standard InChI is InChI=1S/C20H29N5O5/c1-12(23-18(27)14(22)11-21)17(26)24-15(10-13-6-3-2-4-7-13)19(28)25-9-5-8-16(25)20(29)30/h2-4,6-7,12,14-16H,5,8-11,21-22H2,1H3,(H,23,27)(H,24,26)(H,29,30)/t12-,14+,15-,16+/m0/s1. The van der Waals surface area contributed by atoms with Crippen LogP contribution in [0.1, 0.15) is 25.3 Å². The third-order valence-electron chi connectivity index (χ3n) is 5.06. The number of carboxylic acids is 1. The Morgan fingerprint density at radius 1 is 1.17 bits per heavy atom. The summed E-state index contributed by atoms with van der Waals surface area (Å²) in [6.07, 6.45) is 1.14. The number of likely N-dealkylation sites (tertiary alicyclic amines) is 1. The molecule has 164 valence electrons. The highest BCUT2D eigenvalue weighted by Gasteiger charge is 2.38. The van der Waals surface area contributed by atoms with Crippen LogP contribution in [-0.2, 0) is 25.6 Å². The molecule has 1 saturated heterocycles. The molecule has 0 saturated carbocycles. The number of carboxylic acid groups (broad SMARTS) is 1. The lowest BCUT2D eigenvalue weighted by atomic mass is 10.0. The molecular formula is C20H29N5O5. The van der Waals surface area contributed by atoms with Crippen LogP contribution in [0.15, 0.2) is 30.3 Å². The molecule has 1 aliphatic heterocycles. The predicted molar refractivity (Wildman–Crippen MR) is 109 cm³/mol. The largest absolute Gasteiger partial charge is 0.480 e. The first-order chi connectivity index (χ1) is 14.2. The van der Waals surface area contributed by atoms with Crippen LogP contribution in [0.25, 0.3) is 0 Å². The molecule has 4 atom stereocenters. The Hall–Kier alpha value is -2.98. The lowest BCUT2D eigenvalue weighted by Crippen LogP contribution is -2.57. The zero-order chi connectivity index (χ0) is 22.3. The fourth-order valence-corrected chi connectivity index (χ4v) is 3.33. The van der Waals surface area contributed by atoms with Crippen molar-refractivity contribution in [1.29, 1.82) is 0 Å². The van der Waals surface area contributed by atoms with E-state index in [1.165, 1.54) is 11.8 Å². The molecule has 0 aromatic heterocycles. The molecule has 0 bridgehead atoms. The van der Waals surface area contributed by atoms with Gasteiger partial charge in [0.2, 0.25) is 17.7 Å². The summed E-state index contributed by atoms with van der Waals surface area (Å²) < 4.78 is 0. The molecule has 30 heavy (non-hydrogen) atoms. The topological polar surface area (TPSA) is 168 Å². The third kappa shape index (κ3) is 6.01. The van der Waals surface area contributed by atoms with E-state index in [1.54, 1.807) is 0 Å². The first-order valence-corrected chi connectivity index (χ1v) is 9.88. The summed E-state index contributed by atoms with van der Waals surface area (Å²) in [4.78, 5) is 50.4. The zero-order valence-electron chi connectivity index (χ0n) is 16.9. The minimum Gasteiger partial charge on any atom is -0.480 e. The van der Waals surface area contributed by atoms with Gasteiger partial charge in [0.1, 0.15) is 18.1 Å². The summed E-state index contributed by atoms with van der Waals surface area (Å²) in [5.74, 6) is -2.68. The summed E-state index contributed by atoms with van der Waals surface area (Å²) in [5.41, 5.74) is 11.7. The van der Waals surface area contributed by atoms with Gasteiger partial charge in [-0.3, -0.25) is 14.4 Å². The quantitative estimate of drug-likeness (QED) is 0.327. The van der Waals surface area contributed by atoms with E-state index in [2.05, 4.69) is 10.6 Å². The van der Waals surface area contributed by atoms with Crippen molar-refractivity contribution >= 4 is 23.7 Å². The number of nitrogens with two attached hydrogens (primary N) is 2. The number of carbonyl (C=O) groups is 4. The zero-order valence-corrected chi connectivity index (χ0v) is 16.9. The van der Waals surface area contributed by atoms with Gasteiger partial charge in [-0.15, -0.1) is 0 Å². The molecule has 0 radical (unpaired) electrons. The maximum absolute atomic E-state index is 13.1. The Morgan fingerprint density at radius 3 is 2.43 bits per heavy atom. The molecule has 10 nitrogen and oxygen atoms in total. The van der Waals surface area contributed by atoms with Crippen LogP contribution in [-0.4, -0.2) is 71.0 Å². The first-order valence-electron chi connectivity index (χ1n) is 9.88. The van der Waals surface area contributed by atoms with Gasteiger partial charge in [0.15, 0.2) is 0 Å². The summed E-state index contributed by atoms with van der Waals surface area (Å²) in [7, 11) is 0. The van der Waals surface area contributed by atoms with E-state index >= 15 is 0 Å². The Bertz CT molecular complexity index is 772. The first kappa shape index (κ1) is 23.3. The summed E-state index contributed by atoms with van der Waals surface area (Å²) in [5, 5.41) is 14.5. The Labute approximate surface area is 175 Å². The highest BCUT2D eigenvalue weighted by Crippen LogP contribution is 2.19. The monoisotopic (exact) mass is 419 g/mol. The highest BCUT2D eigenvalue weighted by atomic mass is 16.4. The number of rotatable bonds is 9. The van der Waals surface area contributed by atoms with Gasteiger partial charge in [0, 0.05) is 19.5 Å². The molecule has 3 amide bonds. The number of hydrogen-bond donors (Lipinski definition) is 5. The number of amides is 3. The van der Waals surface area contributed by atoms with Gasteiger partial charge < -0.3 is 32.1 Å². The minimum atomic E-state index is -1.07. The van der Waals surface area contributed by atoms with Crippen LogP contribution in [0, 0.1) is 0 Å². The normalized spacial score (nSPS) is 18.9. The van der Waals surface area contributed by atoms with Gasteiger partial charge in [0.05, 0.1) is 6.04 Å². The molecular weight excluding hydrogens is 390 g/mol. The van der Waals surface area contributed by atoms with Crippen LogP contribution in [0.4, 0.5) is 0 Å². The van der Waals surface area contributed by atoms with E-state index in [4.69, 9.17) is 11.5 Å². The molecule has 10 heteroatoms. The molecule has 1 aromatic rings. The average Bonchev–Trinajstić information content (AvgIpc) is 3.23. The second-order valence-electron chi connectivity index (χ2n) is 7.35. The Balaban J connectivity index is 2.15. The number of benzene rings is 1. The molecule has 0 spiro atoms. The van der Waals surface area contributed by atoms with Crippen LogP contribution >= 0.6 is 0 Å². The van der Waals surface area contributed by atoms with E-state index in [1.807, 2.05) is 30.3 Å². The number of nitrogens with one attached hydrogen (secondary N) is 2. The molecule has 1 heterocycles. The van der Waals surface area contributed by atoms with Crippen LogP contribution in [0.5, 0.6) is 0 Å². The van der Waals surface area contributed by atoms with Crippen LogP contribution < -0.4 is 22.1 Å². The van der Waals surface area contributed by atoms with Gasteiger partial charge in [-0.25, -0.2) is 4.79 Å². The van der Waals surface area contributed by atoms with Crippen molar-refractivity contribution < 1.29 is 24.3 Å². The van der Waals surface area contributed by atoms with Crippen molar-refractivity contribution in [3.63, 3.8) is 0 Å². The van der Waals surface area contributed by atoms with Gasteiger partial charge in [-0.2, -0.15) is 0 Å². The van der Waals surface area contributed by atoms with Gasteiger partial charge in [-0.1, -0.05) is 30.3 Å². The fraction of sp³-hybridized carbons (Fsp3) is 0.500. The molecule has 2 rings (SSSR count). The number of aliphatic carboxylic acids is 1. The molecule has 0 unspecified atom stereocenters. The molecule has 0 aliphatic carbocycles. The minimum absolute atomic E-state index is 0.0686. The summed E-state index contributed by atoms with van der Waals surface area (Å²) >= 11 is 0. The van der Waals surface area contributed by atoms with E-state index in [0.29, 0.717) is 19.4 Å². The second kappa shape index (κ2) is 10.7. The van der Waals surface area contributed by atoms with Crippen LogP contribution in [0.3, 0.4) is 0 Å². The lowest BCUT2D eigenvalue weighted by Gasteiger charge is -2.28. The third-order valence-corrected chi connectivity index (χ3v) is 5.06. The highest BCUT2D eigenvalue weighted by molar-refractivity contribution is 5.94. The SMILES string of the molecule is C[C@H](NC(=O)[C@H](N)CN)C(=O)N[C@@H](Cc1ccccc1)C(=O)N1CCC[C@@H]1C(=O)O. The molecule has 7 N–H and O–H groups in total. The Kier molecular flexibility index (Phi) is 8.31. The smallest absolute Gasteiger partial charge is 0.326 e. The van der Waals surface area contributed by atoms with E-state index in [0.717, 1.165) is 5.56 Å². The van der Waals surface area contributed by atoms with Crippen molar-refractivity contribution in [3.05, 3.63) is 35.9 Å². The van der Waals surface area contributed by atoms with E-state index in [9.17, 15) is 24.3 Å². The predicted octanol–water partition coefficient (Wildman–Crippen LogP) is -1.42. The molecule has 1 aromatic carbocycles. The molecule has 1 fully saturated rings. The second-order valence-corrected chi connectivity index (χ2v) is 7.35. The van der Waals surface area contributed by atoms with E-state index in [-0.39, 0.29) is 13.0 Å². The maximum atomic E-state index is 13.1. The van der Waals surface area contributed by atoms with Crippen molar-refractivity contribution in [2.24, 2.45) is 11.5 Å². The van der Waals surface area contributed by atoms with Gasteiger partial charge in [0.25, 0.3) is 0 Å². The number of nitrogens with zero attached hydrogens (tertiary/aromatic N) is 1. The lowest BCUT2D eigenvalue weighted by molar-refractivity contribution is -0.149.